The Labute approximate surface area is 128 Å². The number of rotatable bonds is 6. The third kappa shape index (κ3) is 4.35. The summed E-state index contributed by atoms with van der Waals surface area (Å²) >= 11 is 11.9. The van der Waals surface area contributed by atoms with E-state index in [9.17, 15) is 4.79 Å². The topological polar surface area (TPSA) is 47.6 Å². The predicted octanol–water partition coefficient (Wildman–Crippen LogP) is 2.92. The van der Waals surface area contributed by atoms with Gasteiger partial charge in [-0.15, -0.1) is 0 Å². The van der Waals surface area contributed by atoms with Crippen molar-refractivity contribution in [1.29, 1.82) is 0 Å². The molecule has 110 valence electrons. The summed E-state index contributed by atoms with van der Waals surface area (Å²) in [5.41, 5.74) is 0.301. The van der Waals surface area contributed by atoms with E-state index in [0.717, 1.165) is 19.4 Å². The Morgan fingerprint density at radius 1 is 1.40 bits per heavy atom. The van der Waals surface area contributed by atoms with Crippen molar-refractivity contribution < 1.29 is 14.3 Å². The van der Waals surface area contributed by atoms with Gasteiger partial charge in [0.15, 0.2) is 0 Å². The predicted molar refractivity (Wildman–Crippen MR) is 78.6 cm³/mol. The second-order valence-corrected chi connectivity index (χ2v) is 5.38. The molecule has 0 aromatic heterocycles. The SMILES string of the molecule is O=C(NCCOC[C@H]1CCCO1)c1c(Cl)cccc1Cl. The van der Waals surface area contributed by atoms with Gasteiger partial charge in [0.05, 0.1) is 34.9 Å². The Balaban J connectivity index is 1.69. The minimum Gasteiger partial charge on any atom is -0.377 e. The Morgan fingerprint density at radius 3 is 2.80 bits per heavy atom. The van der Waals surface area contributed by atoms with Crippen LogP contribution in [0.1, 0.15) is 23.2 Å². The van der Waals surface area contributed by atoms with E-state index in [1.165, 1.54) is 0 Å². The molecule has 1 aliphatic heterocycles. The first-order valence-electron chi connectivity index (χ1n) is 6.60. The second kappa shape index (κ2) is 7.84. The zero-order chi connectivity index (χ0) is 14.4. The molecule has 4 nitrogen and oxygen atoms in total. The number of carbonyl (C=O) groups is 1. The summed E-state index contributed by atoms with van der Waals surface area (Å²) in [4.78, 5) is 11.9. The normalized spacial score (nSPS) is 18.2. The summed E-state index contributed by atoms with van der Waals surface area (Å²) < 4.78 is 10.9. The van der Waals surface area contributed by atoms with Crippen LogP contribution in [0, 0.1) is 0 Å². The summed E-state index contributed by atoms with van der Waals surface area (Å²) in [6, 6.07) is 4.97. The zero-order valence-electron chi connectivity index (χ0n) is 11.0. The minimum absolute atomic E-state index is 0.198. The number of hydrogen-bond acceptors (Lipinski definition) is 3. The van der Waals surface area contributed by atoms with E-state index >= 15 is 0 Å². The van der Waals surface area contributed by atoms with Gasteiger partial charge in [0.1, 0.15) is 0 Å². The molecule has 1 aromatic rings. The smallest absolute Gasteiger partial charge is 0.254 e. The maximum atomic E-state index is 11.9. The molecule has 1 N–H and O–H groups in total. The molecular weight excluding hydrogens is 301 g/mol. The van der Waals surface area contributed by atoms with Gasteiger partial charge in [-0.25, -0.2) is 0 Å². The number of benzene rings is 1. The van der Waals surface area contributed by atoms with Gasteiger partial charge in [0.25, 0.3) is 5.91 Å². The van der Waals surface area contributed by atoms with E-state index in [1.807, 2.05) is 0 Å². The average Bonchev–Trinajstić information content (AvgIpc) is 2.91. The van der Waals surface area contributed by atoms with Gasteiger partial charge < -0.3 is 14.8 Å². The summed E-state index contributed by atoms with van der Waals surface area (Å²) in [6.45, 7) is 2.24. The fourth-order valence-electron chi connectivity index (χ4n) is 2.03. The van der Waals surface area contributed by atoms with Crippen LogP contribution >= 0.6 is 23.2 Å². The van der Waals surface area contributed by atoms with Crippen LogP contribution in [0.15, 0.2) is 18.2 Å². The molecule has 1 aromatic carbocycles. The second-order valence-electron chi connectivity index (χ2n) is 4.56. The number of amides is 1. The van der Waals surface area contributed by atoms with Gasteiger partial charge in [-0.05, 0) is 25.0 Å². The van der Waals surface area contributed by atoms with Gasteiger partial charge in [-0.3, -0.25) is 4.79 Å². The van der Waals surface area contributed by atoms with Gasteiger partial charge in [0, 0.05) is 13.2 Å². The molecule has 0 spiro atoms. The zero-order valence-corrected chi connectivity index (χ0v) is 12.5. The van der Waals surface area contributed by atoms with Gasteiger partial charge in [0.2, 0.25) is 0 Å². The first-order valence-corrected chi connectivity index (χ1v) is 7.35. The lowest BCUT2D eigenvalue weighted by Crippen LogP contribution is -2.28. The maximum Gasteiger partial charge on any atom is 0.254 e. The Morgan fingerprint density at radius 2 is 2.15 bits per heavy atom. The lowest BCUT2D eigenvalue weighted by molar-refractivity contribution is 0.0183. The third-order valence-corrected chi connectivity index (χ3v) is 3.68. The molecule has 1 amide bonds. The molecule has 0 aliphatic carbocycles. The number of carbonyl (C=O) groups excluding carboxylic acids is 1. The van der Waals surface area contributed by atoms with Gasteiger partial charge >= 0.3 is 0 Å². The van der Waals surface area contributed by atoms with Gasteiger partial charge in [-0.1, -0.05) is 29.3 Å². The van der Waals surface area contributed by atoms with E-state index < -0.39 is 0 Å². The molecule has 1 saturated heterocycles. The Bertz CT molecular complexity index is 441. The van der Waals surface area contributed by atoms with Crippen LogP contribution in [0.5, 0.6) is 0 Å². The van der Waals surface area contributed by atoms with Crippen molar-refractivity contribution in [2.75, 3.05) is 26.4 Å². The quantitative estimate of drug-likeness (QED) is 0.821. The van der Waals surface area contributed by atoms with Crippen molar-refractivity contribution in [3.63, 3.8) is 0 Å². The van der Waals surface area contributed by atoms with E-state index in [0.29, 0.717) is 35.4 Å². The monoisotopic (exact) mass is 317 g/mol. The number of ether oxygens (including phenoxy) is 2. The molecule has 1 fully saturated rings. The van der Waals surface area contributed by atoms with Crippen LogP contribution in [0.25, 0.3) is 0 Å². The van der Waals surface area contributed by atoms with Crippen molar-refractivity contribution in [3.8, 4) is 0 Å². The van der Waals surface area contributed by atoms with Crippen molar-refractivity contribution in [2.24, 2.45) is 0 Å². The molecule has 0 bridgehead atoms. The molecule has 0 radical (unpaired) electrons. The highest BCUT2D eigenvalue weighted by molar-refractivity contribution is 6.39. The largest absolute Gasteiger partial charge is 0.377 e. The van der Waals surface area contributed by atoms with E-state index in [2.05, 4.69) is 5.32 Å². The van der Waals surface area contributed by atoms with Crippen LogP contribution in [-0.4, -0.2) is 38.4 Å². The number of nitrogens with one attached hydrogen (secondary N) is 1. The Hall–Kier alpha value is -0.810. The standard InChI is InChI=1S/C14H17Cl2NO3/c15-11-4-1-5-12(16)13(11)14(18)17-6-8-19-9-10-3-2-7-20-10/h1,4-5,10H,2-3,6-9H2,(H,17,18)/t10-/m1/s1. The van der Waals surface area contributed by atoms with E-state index in [4.69, 9.17) is 32.7 Å². The Kier molecular flexibility index (Phi) is 6.10. The van der Waals surface area contributed by atoms with Crippen LogP contribution < -0.4 is 5.32 Å². The number of hydrogen-bond donors (Lipinski definition) is 1. The lowest BCUT2D eigenvalue weighted by atomic mass is 10.2. The van der Waals surface area contributed by atoms with Crippen molar-refractivity contribution in [1.82, 2.24) is 5.32 Å². The summed E-state index contributed by atoms with van der Waals surface area (Å²) in [5, 5.41) is 3.42. The molecule has 1 atom stereocenters. The van der Waals surface area contributed by atoms with Crippen molar-refractivity contribution in [2.45, 2.75) is 18.9 Å². The average molecular weight is 318 g/mol. The van der Waals surface area contributed by atoms with Crippen LogP contribution in [0.4, 0.5) is 0 Å². The highest BCUT2D eigenvalue weighted by Crippen LogP contribution is 2.23. The van der Waals surface area contributed by atoms with Crippen LogP contribution in [-0.2, 0) is 9.47 Å². The maximum absolute atomic E-state index is 11.9. The van der Waals surface area contributed by atoms with E-state index in [1.54, 1.807) is 18.2 Å². The molecule has 0 saturated carbocycles. The molecule has 6 heteroatoms. The van der Waals surface area contributed by atoms with E-state index in [-0.39, 0.29) is 12.0 Å². The molecule has 1 heterocycles. The summed E-state index contributed by atoms with van der Waals surface area (Å²) in [5.74, 6) is -0.290. The summed E-state index contributed by atoms with van der Waals surface area (Å²) in [6.07, 6.45) is 2.33. The van der Waals surface area contributed by atoms with Gasteiger partial charge in [-0.2, -0.15) is 0 Å². The highest BCUT2D eigenvalue weighted by atomic mass is 35.5. The fourth-order valence-corrected chi connectivity index (χ4v) is 2.60. The van der Waals surface area contributed by atoms with Crippen molar-refractivity contribution >= 4 is 29.1 Å². The molecule has 1 aliphatic rings. The molecule has 0 unspecified atom stereocenters. The molecule has 2 rings (SSSR count). The third-order valence-electron chi connectivity index (χ3n) is 3.05. The van der Waals surface area contributed by atoms with Crippen molar-refractivity contribution in [3.05, 3.63) is 33.8 Å². The molecule has 20 heavy (non-hydrogen) atoms. The fraction of sp³-hybridized carbons (Fsp3) is 0.500. The molecular formula is C14H17Cl2NO3. The van der Waals surface area contributed by atoms with Crippen LogP contribution in [0.3, 0.4) is 0 Å². The lowest BCUT2D eigenvalue weighted by Gasteiger charge is -2.11. The summed E-state index contributed by atoms with van der Waals surface area (Å²) in [7, 11) is 0. The minimum atomic E-state index is -0.290. The number of halogens is 2. The van der Waals surface area contributed by atoms with Crippen LogP contribution in [0.2, 0.25) is 10.0 Å². The first-order chi connectivity index (χ1) is 9.68. The highest BCUT2D eigenvalue weighted by Gasteiger charge is 2.16. The first kappa shape index (κ1) is 15.6.